The van der Waals surface area contributed by atoms with Crippen LogP contribution >= 0.6 is 0 Å². The molecule has 0 aliphatic carbocycles. The molecule has 8 nitrogen and oxygen atoms in total. The fourth-order valence-corrected chi connectivity index (χ4v) is 4.39. The Labute approximate surface area is 192 Å². The van der Waals surface area contributed by atoms with Crippen LogP contribution in [0.5, 0.6) is 0 Å². The Hall–Kier alpha value is -3.47. The minimum Gasteiger partial charge on any atom is -0.389 e. The zero-order chi connectivity index (χ0) is 24.7. The summed E-state index contributed by atoms with van der Waals surface area (Å²) in [7, 11) is 1.53. The lowest BCUT2D eigenvalue weighted by Gasteiger charge is -2.39. The predicted octanol–water partition coefficient (Wildman–Crippen LogP) is 2.58. The molecule has 1 fully saturated rings. The molecule has 3 N–H and O–H groups in total. The molecule has 1 aliphatic heterocycles. The van der Waals surface area contributed by atoms with E-state index in [4.69, 9.17) is 0 Å². The number of rotatable bonds is 4. The quantitative estimate of drug-likeness (QED) is 0.535. The Morgan fingerprint density at radius 2 is 1.94 bits per heavy atom. The molecule has 180 valence electrons. The van der Waals surface area contributed by atoms with E-state index in [-0.39, 0.29) is 28.9 Å². The van der Waals surface area contributed by atoms with Crippen molar-refractivity contribution >= 4 is 22.6 Å². The summed E-state index contributed by atoms with van der Waals surface area (Å²) in [5.74, 6) is -0.269. The van der Waals surface area contributed by atoms with Crippen molar-refractivity contribution < 1.29 is 23.1 Å². The number of pyridine rings is 3. The number of halogens is 3. The van der Waals surface area contributed by atoms with E-state index in [1.165, 1.54) is 20.2 Å². The van der Waals surface area contributed by atoms with Gasteiger partial charge in [-0.3, -0.25) is 14.6 Å². The van der Waals surface area contributed by atoms with E-state index in [9.17, 15) is 27.9 Å². The number of carbonyl (C=O) groups excluding carboxylic acids is 1. The van der Waals surface area contributed by atoms with Crippen LogP contribution in [0.1, 0.15) is 40.0 Å². The van der Waals surface area contributed by atoms with Crippen LogP contribution in [0.4, 0.5) is 18.9 Å². The minimum atomic E-state index is -4.77. The van der Waals surface area contributed by atoms with E-state index in [0.717, 1.165) is 5.69 Å². The molecule has 3 aromatic rings. The molecule has 0 saturated carbocycles. The van der Waals surface area contributed by atoms with E-state index >= 15 is 0 Å². The van der Waals surface area contributed by atoms with Gasteiger partial charge in [0.15, 0.2) is 0 Å². The van der Waals surface area contributed by atoms with Crippen LogP contribution in [0.15, 0.2) is 35.4 Å². The van der Waals surface area contributed by atoms with Crippen molar-refractivity contribution in [1.29, 1.82) is 0 Å². The molecular formula is C23H24F3N5O3. The van der Waals surface area contributed by atoms with Crippen LogP contribution < -0.4 is 15.8 Å². The van der Waals surface area contributed by atoms with Crippen molar-refractivity contribution in [2.75, 3.05) is 25.0 Å². The molecule has 3 aromatic heterocycles. The van der Waals surface area contributed by atoms with Gasteiger partial charge in [0.25, 0.3) is 11.5 Å². The summed E-state index contributed by atoms with van der Waals surface area (Å²) in [5.41, 5.74) is -1.64. The number of hydrogen-bond acceptors (Lipinski definition) is 6. The van der Waals surface area contributed by atoms with Crippen molar-refractivity contribution in [3.8, 4) is 0 Å². The van der Waals surface area contributed by atoms with E-state index in [2.05, 4.69) is 25.2 Å². The third-order valence-electron chi connectivity index (χ3n) is 6.23. The normalized spacial score (nSPS) is 16.0. The van der Waals surface area contributed by atoms with Crippen molar-refractivity contribution in [2.45, 2.75) is 38.0 Å². The zero-order valence-electron chi connectivity index (χ0n) is 18.7. The van der Waals surface area contributed by atoms with Gasteiger partial charge in [0.05, 0.1) is 28.5 Å². The van der Waals surface area contributed by atoms with Gasteiger partial charge in [-0.25, -0.2) is 4.98 Å². The number of H-pyrrole nitrogens is 1. The molecular weight excluding hydrogens is 451 g/mol. The van der Waals surface area contributed by atoms with Crippen LogP contribution in [0.25, 0.3) is 11.0 Å². The summed E-state index contributed by atoms with van der Waals surface area (Å²) in [6.45, 7) is 2.35. The first kappa shape index (κ1) is 23.7. The van der Waals surface area contributed by atoms with Crippen molar-refractivity contribution in [1.82, 2.24) is 20.3 Å². The van der Waals surface area contributed by atoms with Crippen LogP contribution in [-0.4, -0.2) is 51.7 Å². The maximum atomic E-state index is 13.2. The van der Waals surface area contributed by atoms with E-state index in [1.54, 1.807) is 18.3 Å². The molecule has 0 atom stereocenters. The molecule has 4 heterocycles. The zero-order valence-corrected chi connectivity index (χ0v) is 18.7. The molecule has 0 spiro atoms. The predicted molar refractivity (Wildman–Crippen MR) is 120 cm³/mol. The Bertz CT molecular complexity index is 1280. The van der Waals surface area contributed by atoms with E-state index < -0.39 is 22.9 Å². The molecule has 34 heavy (non-hydrogen) atoms. The monoisotopic (exact) mass is 475 g/mol. The van der Waals surface area contributed by atoms with Crippen LogP contribution in [0.2, 0.25) is 0 Å². The number of amides is 1. The van der Waals surface area contributed by atoms with Gasteiger partial charge >= 0.3 is 6.18 Å². The topological polar surface area (TPSA) is 111 Å². The van der Waals surface area contributed by atoms with Crippen molar-refractivity contribution in [3.05, 3.63) is 63.3 Å². The second-order valence-corrected chi connectivity index (χ2v) is 8.56. The number of anilines is 1. The molecule has 1 aliphatic rings. The summed E-state index contributed by atoms with van der Waals surface area (Å²) in [5, 5.41) is 13.6. The van der Waals surface area contributed by atoms with Gasteiger partial charge in [-0.05, 0) is 49.1 Å². The lowest BCUT2D eigenvalue weighted by Crippen LogP contribution is -2.45. The lowest BCUT2D eigenvalue weighted by molar-refractivity contribution is -0.139. The summed E-state index contributed by atoms with van der Waals surface area (Å²) in [6.07, 6.45) is -0.557. The lowest BCUT2D eigenvalue weighted by atomic mass is 9.85. The largest absolute Gasteiger partial charge is 0.422 e. The Kier molecular flexibility index (Phi) is 6.07. The number of aromatic amines is 1. The number of aromatic nitrogens is 3. The van der Waals surface area contributed by atoms with Gasteiger partial charge in [0.1, 0.15) is 11.3 Å². The fourth-order valence-electron chi connectivity index (χ4n) is 4.39. The van der Waals surface area contributed by atoms with Crippen molar-refractivity contribution in [3.63, 3.8) is 0 Å². The van der Waals surface area contributed by atoms with Gasteiger partial charge < -0.3 is 20.3 Å². The van der Waals surface area contributed by atoms with Gasteiger partial charge in [-0.2, -0.15) is 13.2 Å². The number of nitrogens with one attached hydrogen (secondary N) is 2. The number of carbonyl (C=O) groups is 1. The molecule has 0 bridgehead atoms. The Balaban J connectivity index is 1.48. The number of aryl methyl sites for hydroxylation is 1. The number of piperidine rings is 1. The van der Waals surface area contributed by atoms with E-state index in [1.807, 2.05) is 6.07 Å². The van der Waals surface area contributed by atoms with E-state index in [0.29, 0.717) is 37.2 Å². The van der Waals surface area contributed by atoms with Gasteiger partial charge in [-0.1, -0.05) is 0 Å². The highest BCUT2D eigenvalue weighted by molar-refractivity contribution is 5.92. The van der Waals surface area contributed by atoms with Crippen LogP contribution in [-0.2, 0) is 12.6 Å². The third kappa shape index (κ3) is 4.60. The van der Waals surface area contributed by atoms with Gasteiger partial charge in [0, 0.05) is 32.8 Å². The first-order valence-electron chi connectivity index (χ1n) is 10.7. The highest BCUT2D eigenvalue weighted by atomic mass is 19.4. The number of fused-ring (bicyclic) bond motifs is 1. The van der Waals surface area contributed by atoms with Crippen molar-refractivity contribution in [2.24, 2.45) is 0 Å². The molecule has 0 radical (unpaired) electrons. The standard InChI is InChI=1S/C23H24F3N5O3/c1-13-18(23(24,25)26)21(33)30-17-9-14(11-29-19(13)17)10-22(34)5-7-31(8-6-22)15-3-4-16(28-12-15)20(32)27-2/h3-4,9,11-12,34H,5-8,10H2,1-2H3,(H,27,32)(H,30,33). The summed E-state index contributed by atoms with van der Waals surface area (Å²) in [6, 6.07) is 5.02. The number of hydrogen-bond donors (Lipinski definition) is 3. The average Bonchev–Trinajstić information content (AvgIpc) is 2.78. The highest BCUT2D eigenvalue weighted by Gasteiger charge is 2.37. The first-order chi connectivity index (χ1) is 16.0. The number of nitrogens with zero attached hydrogens (tertiary/aromatic N) is 3. The Morgan fingerprint density at radius 1 is 1.24 bits per heavy atom. The van der Waals surface area contributed by atoms with Gasteiger partial charge in [-0.15, -0.1) is 0 Å². The summed E-state index contributed by atoms with van der Waals surface area (Å²) >= 11 is 0. The molecule has 4 rings (SSSR count). The maximum absolute atomic E-state index is 13.2. The molecule has 11 heteroatoms. The molecule has 1 saturated heterocycles. The second-order valence-electron chi connectivity index (χ2n) is 8.56. The smallest absolute Gasteiger partial charge is 0.389 e. The second kappa shape index (κ2) is 8.71. The molecule has 0 aromatic carbocycles. The van der Waals surface area contributed by atoms with Gasteiger partial charge in [0.2, 0.25) is 0 Å². The molecule has 0 unspecified atom stereocenters. The number of aliphatic hydroxyl groups is 1. The third-order valence-corrected chi connectivity index (χ3v) is 6.23. The summed E-state index contributed by atoms with van der Waals surface area (Å²) < 4.78 is 39.6. The highest BCUT2D eigenvalue weighted by Crippen LogP contribution is 2.32. The van der Waals surface area contributed by atoms with Crippen LogP contribution in [0, 0.1) is 6.92 Å². The van der Waals surface area contributed by atoms with Crippen LogP contribution in [0.3, 0.4) is 0 Å². The average molecular weight is 475 g/mol. The minimum absolute atomic E-state index is 0.0742. The fraction of sp³-hybridized carbons (Fsp3) is 0.391. The molecule has 1 amide bonds. The number of alkyl halides is 3. The maximum Gasteiger partial charge on any atom is 0.422 e. The first-order valence-corrected chi connectivity index (χ1v) is 10.7. The SMILES string of the molecule is CNC(=O)c1ccc(N2CCC(O)(Cc3cnc4c(C)c(C(F)(F)F)c(=O)[nH]c4c3)CC2)cn1. The Morgan fingerprint density at radius 3 is 2.53 bits per heavy atom. The summed E-state index contributed by atoms with van der Waals surface area (Å²) in [4.78, 5) is 36.3.